The van der Waals surface area contributed by atoms with Gasteiger partial charge in [0.05, 0.1) is 4.90 Å². The molecular weight excluding hydrogens is 358 g/mol. The van der Waals surface area contributed by atoms with E-state index in [1.54, 1.807) is 34.0 Å². The molecule has 1 aromatic rings. The molecule has 0 saturated heterocycles. The summed E-state index contributed by atoms with van der Waals surface area (Å²) in [6.07, 6.45) is 0. The molecule has 1 unspecified atom stereocenters. The summed E-state index contributed by atoms with van der Waals surface area (Å²) < 4.78 is 39.0. The van der Waals surface area contributed by atoms with E-state index in [-0.39, 0.29) is 16.7 Å². The molecule has 1 aromatic carbocycles. The second-order valence-corrected chi connectivity index (χ2v) is 8.23. The second-order valence-electron chi connectivity index (χ2n) is 6.51. The molecule has 1 aliphatic heterocycles. The van der Waals surface area contributed by atoms with E-state index in [0.29, 0.717) is 37.8 Å². The zero-order valence-electron chi connectivity index (χ0n) is 15.6. The molecule has 146 valence electrons. The number of hydrogen-bond donors (Lipinski definition) is 2. The summed E-state index contributed by atoms with van der Waals surface area (Å²) in [6, 6.07) is 3.58. The van der Waals surface area contributed by atoms with E-state index in [2.05, 4.69) is 10.0 Å². The fourth-order valence-corrected chi connectivity index (χ4v) is 3.88. The van der Waals surface area contributed by atoms with Crippen LogP contribution >= 0.6 is 0 Å². The van der Waals surface area contributed by atoms with Crippen LogP contribution in [0, 0.1) is 5.92 Å². The molecule has 0 spiro atoms. The standard InChI is InChI=1S/C17H27N3O5S/c1-12(2)16(17(21)20(4)8-7-18-3)19-26(22,23)13-5-6-14-15(11-13)25-10-9-24-14/h5-6,11-12,16,18-19H,7-10H2,1-4H3. The van der Waals surface area contributed by atoms with Crippen molar-refractivity contribution in [1.29, 1.82) is 0 Å². The number of rotatable bonds is 8. The lowest BCUT2D eigenvalue weighted by molar-refractivity contribution is -0.132. The van der Waals surface area contributed by atoms with Crippen molar-refractivity contribution in [3.8, 4) is 11.5 Å². The maximum atomic E-state index is 12.8. The average molecular weight is 385 g/mol. The quantitative estimate of drug-likeness (QED) is 0.674. The monoisotopic (exact) mass is 385 g/mol. The van der Waals surface area contributed by atoms with Gasteiger partial charge < -0.3 is 19.7 Å². The predicted octanol–water partition coefficient (Wildman–Crippen LogP) is 0.439. The highest BCUT2D eigenvalue weighted by molar-refractivity contribution is 7.89. The van der Waals surface area contributed by atoms with Crippen LogP contribution in [0.2, 0.25) is 0 Å². The van der Waals surface area contributed by atoms with E-state index in [9.17, 15) is 13.2 Å². The molecule has 1 amide bonds. The Morgan fingerprint density at radius 1 is 1.23 bits per heavy atom. The van der Waals surface area contributed by atoms with Crippen molar-refractivity contribution in [2.24, 2.45) is 5.92 Å². The maximum Gasteiger partial charge on any atom is 0.241 e. The minimum Gasteiger partial charge on any atom is -0.486 e. The fraction of sp³-hybridized carbons (Fsp3) is 0.588. The molecule has 0 aromatic heterocycles. The van der Waals surface area contributed by atoms with Crippen LogP contribution in [0.1, 0.15) is 13.8 Å². The summed E-state index contributed by atoms with van der Waals surface area (Å²) >= 11 is 0. The topological polar surface area (TPSA) is 97.0 Å². The normalized spacial score (nSPS) is 15.0. The summed E-state index contributed by atoms with van der Waals surface area (Å²) in [7, 11) is -0.431. The molecule has 9 heteroatoms. The summed E-state index contributed by atoms with van der Waals surface area (Å²) in [5.41, 5.74) is 0. The van der Waals surface area contributed by atoms with Crippen molar-refractivity contribution in [2.45, 2.75) is 24.8 Å². The SMILES string of the molecule is CNCCN(C)C(=O)C(NS(=O)(=O)c1ccc2c(c1)OCCO2)C(C)C. The molecule has 1 heterocycles. The lowest BCUT2D eigenvalue weighted by Crippen LogP contribution is -2.51. The van der Waals surface area contributed by atoms with Crippen molar-refractivity contribution >= 4 is 15.9 Å². The molecule has 0 saturated carbocycles. The van der Waals surface area contributed by atoms with Crippen LogP contribution in [0.4, 0.5) is 0 Å². The van der Waals surface area contributed by atoms with Crippen LogP contribution in [0.15, 0.2) is 23.1 Å². The van der Waals surface area contributed by atoms with Crippen molar-refractivity contribution in [3.05, 3.63) is 18.2 Å². The Morgan fingerprint density at radius 2 is 1.88 bits per heavy atom. The van der Waals surface area contributed by atoms with Crippen LogP contribution in [-0.4, -0.2) is 65.7 Å². The van der Waals surface area contributed by atoms with Gasteiger partial charge in [-0.2, -0.15) is 4.72 Å². The summed E-state index contributed by atoms with van der Waals surface area (Å²) in [6.45, 7) is 5.53. The smallest absolute Gasteiger partial charge is 0.241 e. The lowest BCUT2D eigenvalue weighted by atomic mass is 10.0. The van der Waals surface area contributed by atoms with Gasteiger partial charge in [0.2, 0.25) is 15.9 Å². The first-order valence-corrected chi connectivity index (χ1v) is 10.1. The first-order chi connectivity index (χ1) is 12.3. The zero-order chi connectivity index (χ0) is 19.3. The molecule has 0 bridgehead atoms. The molecule has 0 radical (unpaired) electrons. The predicted molar refractivity (Wildman–Crippen MR) is 97.9 cm³/mol. The molecule has 0 aliphatic carbocycles. The van der Waals surface area contributed by atoms with Crippen molar-refractivity contribution in [2.75, 3.05) is 40.4 Å². The van der Waals surface area contributed by atoms with Gasteiger partial charge >= 0.3 is 0 Å². The van der Waals surface area contributed by atoms with Gasteiger partial charge in [0.15, 0.2) is 11.5 Å². The molecule has 8 nitrogen and oxygen atoms in total. The Hall–Kier alpha value is -1.84. The van der Waals surface area contributed by atoms with Gasteiger partial charge in [0.1, 0.15) is 19.3 Å². The Kier molecular flexibility index (Phi) is 6.85. The van der Waals surface area contributed by atoms with Crippen LogP contribution in [0.5, 0.6) is 11.5 Å². The average Bonchev–Trinajstić information content (AvgIpc) is 2.63. The van der Waals surface area contributed by atoms with Crippen molar-refractivity contribution in [1.82, 2.24) is 14.9 Å². The fourth-order valence-electron chi connectivity index (χ4n) is 2.52. The number of hydrogen-bond acceptors (Lipinski definition) is 6. The molecule has 1 aliphatic rings. The Bertz CT molecular complexity index is 736. The van der Waals surface area contributed by atoms with E-state index in [0.717, 1.165) is 0 Å². The third-order valence-electron chi connectivity index (χ3n) is 4.11. The Balaban J connectivity index is 2.20. The minimum absolute atomic E-state index is 0.0399. The van der Waals surface area contributed by atoms with Gasteiger partial charge in [-0.05, 0) is 25.1 Å². The number of nitrogens with zero attached hydrogens (tertiary/aromatic N) is 1. The summed E-state index contributed by atoms with van der Waals surface area (Å²) in [5, 5.41) is 2.97. The van der Waals surface area contributed by atoms with E-state index >= 15 is 0 Å². The first kappa shape index (κ1) is 20.5. The molecule has 2 N–H and O–H groups in total. The number of fused-ring (bicyclic) bond motifs is 1. The molecule has 26 heavy (non-hydrogen) atoms. The number of likely N-dealkylation sites (N-methyl/N-ethyl adjacent to an activating group) is 2. The van der Waals surface area contributed by atoms with Crippen LogP contribution in [-0.2, 0) is 14.8 Å². The summed E-state index contributed by atoms with van der Waals surface area (Å²) in [4.78, 5) is 14.2. The van der Waals surface area contributed by atoms with Crippen molar-refractivity contribution < 1.29 is 22.7 Å². The van der Waals surface area contributed by atoms with Crippen LogP contribution in [0.25, 0.3) is 0 Å². The van der Waals surface area contributed by atoms with E-state index in [1.165, 1.54) is 17.0 Å². The Labute approximate surface area is 154 Å². The van der Waals surface area contributed by atoms with Gasteiger partial charge in [-0.25, -0.2) is 8.42 Å². The summed E-state index contributed by atoms with van der Waals surface area (Å²) in [5.74, 6) is 0.430. The number of benzene rings is 1. The maximum absolute atomic E-state index is 12.8. The third kappa shape index (κ3) is 4.87. The van der Waals surface area contributed by atoms with E-state index in [4.69, 9.17) is 9.47 Å². The van der Waals surface area contributed by atoms with E-state index < -0.39 is 16.1 Å². The van der Waals surface area contributed by atoms with Crippen LogP contribution < -0.4 is 19.5 Å². The molecule has 2 rings (SSSR count). The van der Waals surface area contributed by atoms with Crippen LogP contribution in [0.3, 0.4) is 0 Å². The number of nitrogens with one attached hydrogen (secondary N) is 2. The van der Waals surface area contributed by atoms with Gasteiger partial charge in [-0.3, -0.25) is 4.79 Å². The minimum atomic E-state index is -3.89. The van der Waals surface area contributed by atoms with E-state index in [1.807, 2.05) is 0 Å². The number of ether oxygens (including phenoxy) is 2. The highest BCUT2D eigenvalue weighted by Gasteiger charge is 2.31. The largest absolute Gasteiger partial charge is 0.486 e. The third-order valence-corrected chi connectivity index (χ3v) is 5.55. The number of sulfonamides is 1. The second kappa shape index (κ2) is 8.70. The molecule has 0 fully saturated rings. The highest BCUT2D eigenvalue weighted by Crippen LogP contribution is 2.32. The number of carbonyl (C=O) groups excluding carboxylic acids is 1. The van der Waals surface area contributed by atoms with Gasteiger partial charge in [0, 0.05) is 26.2 Å². The van der Waals surface area contributed by atoms with Gasteiger partial charge in [-0.1, -0.05) is 13.8 Å². The van der Waals surface area contributed by atoms with Gasteiger partial charge in [-0.15, -0.1) is 0 Å². The van der Waals surface area contributed by atoms with Crippen molar-refractivity contribution in [3.63, 3.8) is 0 Å². The Morgan fingerprint density at radius 3 is 2.50 bits per heavy atom. The first-order valence-electron chi connectivity index (χ1n) is 8.58. The zero-order valence-corrected chi connectivity index (χ0v) is 16.4. The molecule has 1 atom stereocenters. The highest BCUT2D eigenvalue weighted by atomic mass is 32.2. The number of carbonyl (C=O) groups is 1. The number of amides is 1. The molecular formula is C17H27N3O5S. The lowest BCUT2D eigenvalue weighted by Gasteiger charge is -2.27. The van der Waals surface area contributed by atoms with Gasteiger partial charge in [0.25, 0.3) is 0 Å².